The first-order chi connectivity index (χ1) is 19.1. The molecule has 1 aliphatic heterocycles. The minimum absolute atomic E-state index is 0.0724. The summed E-state index contributed by atoms with van der Waals surface area (Å²) in [6, 6.07) is 32.5. The van der Waals surface area contributed by atoms with Crippen LogP contribution in [0, 0.1) is 0 Å². The lowest BCUT2D eigenvalue weighted by atomic mass is 9.86. The van der Waals surface area contributed by atoms with Crippen molar-refractivity contribution in [2.45, 2.75) is 31.5 Å². The largest absolute Gasteiger partial charge is 0.530 e. The molecule has 0 N–H and O–H groups in total. The van der Waals surface area contributed by atoms with Crippen molar-refractivity contribution in [3.05, 3.63) is 120 Å². The lowest BCUT2D eigenvalue weighted by Gasteiger charge is -2.40. The van der Waals surface area contributed by atoms with E-state index in [0.29, 0.717) is 37.7 Å². The maximum Gasteiger partial charge on any atom is 0.231 e. The van der Waals surface area contributed by atoms with Gasteiger partial charge in [0.2, 0.25) is 11.7 Å². The van der Waals surface area contributed by atoms with Gasteiger partial charge in [-0.1, -0.05) is 96.2 Å². The van der Waals surface area contributed by atoms with Crippen molar-refractivity contribution in [2.24, 2.45) is 0 Å². The van der Waals surface area contributed by atoms with Crippen molar-refractivity contribution in [1.29, 1.82) is 0 Å². The van der Waals surface area contributed by atoms with E-state index >= 15 is 0 Å². The minimum atomic E-state index is -1.16. The second-order valence-electron chi connectivity index (χ2n) is 9.93. The number of fused-ring (bicyclic) bond motifs is 1. The molecule has 1 amide bonds. The molecule has 7 heteroatoms. The number of carbonyl (C=O) groups is 1. The van der Waals surface area contributed by atoms with Gasteiger partial charge in [0.25, 0.3) is 0 Å². The van der Waals surface area contributed by atoms with Crippen LogP contribution >= 0.6 is 0 Å². The summed E-state index contributed by atoms with van der Waals surface area (Å²) in [5, 5.41) is 18.1. The van der Waals surface area contributed by atoms with E-state index in [1.807, 2.05) is 42.5 Å². The molecule has 1 aromatic heterocycles. The van der Waals surface area contributed by atoms with Crippen LogP contribution in [-0.2, 0) is 17.8 Å². The SMILES string of the molecule is O=C([O-])N1CCC(c2ccc(Cc3nc(-c4ccccc4)no3)cc2)C(OCc2ccc3ccccc3c2)C1. The van der Waals surface area contributed by atoms with E-state index < -0.39 is 6.09 Å². The molecule has 0 radical (unpaired) electrons. The molecule has 0 aliphatic carbocycles. The van der Waals surface area contributed by atoms with E-state index in [4.69, 9.17) is 9.26 Å². The number of hydrogen-bond donors (Lipinski definition) is 0. The fourth-order valence-electron chi connectivity index (χ4n) is 5.25. The summed E-state index contributed by atoms with van der Waals surface area (Å²) in [4.78, 5) is 17.5. The molecule has 0 saturated carbocycles. The highest BCUT2D eigenvalue weighted by Gasteiger charge is 2.31. The zero-order chi connectivity index (χ0) is 26.6. The summed E-state index contributed by atoms with van der Waals surface area (Å²) in [6.45, 7) is 1.12. The van der Waals surface area contributed by atoms with E-state index in [2.05, 4.69) is 64.7 Å². The number of aromatic nitrogens is 2. The van der Waals surface area contributed by atoms with E-state index in [1.54, 1.807) is 0 Å². The first-order valence-electron chi connectivity index (χ1n) is 13.1. The van der Waals surface area contributed by atoms with Gasteiger partial charge in [-0.05, 0) is 39.9 Å². The van der Waals surface area contributed by atoms with Gasteiger partial charge in [0.1, 0.15) is 6.09 Å². The molecule has 5 aromatic rings. The average Bonchev–Trinajstić information content (AvgIpc) is 3.45. The molecule has 2 heterocycles. The van der Waals surface area contributed by atoms with E-state index in [0.717, 1.165) is 27.6 Å². The fourth-order valence-corrected chi connectivity index (χ4v) is 5.25. The highest BCUT2D eigenvalue weighted by atomic mass is 16.5. The number of amides is 1. The number of benzene rings is 4. The van der Waals surface area contributed by atoms with Crippen molar-refractivity contribution >= 4 is 16.9 Å². The number of ether oxygens (including phenoxy) is 1. The molecule has 1 fully saturated rings. The van der Waals surface area contributed by atoms with Crippen LogP contribution < -0.4 is 5.11 Å². The molecule has 2 unspecified atom stereocenters. The predicted molar refractivity (Wildman–Crippen MR) is 146 cm³/mol. The Morgan fingerprint density at radius 2 is 1.67 bits per heavy atom. The molecule has 4 aromatic carbocycles. The number of carbonyl (C=O) groups excluding carboxylic acids is 1. The number of hydrogen-bond acceptors (Lipinski definition) is 6. The normalized spacial score (nSPS) is 17.4. The summed E-state index contributed by atoms with van der Waals surface area (Å²) >= 11 is 0. The van der Waals surface area contributed by atoms with Crippen LogP contribution in [0.2, 0.25) is 0 Å². The van der Waals surface area contributed by atoms with E-state index in [-0.39, 0.29) is 18.6 Å². The third-order valence-electron chi connectivity index (χ3n) is 7.36. The smallest absolute Gasteiger partial charge is 0.231 e. The molecular formula is C32H28N3O4-. The second kappa shape index (κ2) is 11.1. The summed E-state index contributed by atoms with van der Waals surface area (Å²) in [6.07, 6.45) is -0.235. The number of piperidine rings is 1. The summed E-state index contributed by atoms with van der Waals surface area (Å²) < 4.78 is 11.8. The number of nitrogens with zero attached hydrogens (tertiary/aromatic N) is 3. The van der Waals surface area contributed by atoms with Crippen LogP contribution in [0.15, 0.2) is 102 Å². The lowest BCUT2D eigenvalue weighted by Crippen LogP contribution is -2.51. The molecule has 7 nitrogen and oxygen atoms in total. The Labute approximate surface area is 226 Å². The molecule has 1 aliphatic rings. The minimum Gasteiger partial charge on any atom is -0.530 e. The van der Waals surface area contributed by atoms with Gasteiger partial charge in [-0.2, -0.15) is 4.98 Å². The first-order valence-corrected chi connectivity index (χ1v) is 13.1. The van der Waals surface area contributed by atoms with Gasteiger partial charge in [0.15, 0.2) is 0 Å². The quantitative estimate of drug-likeness (QED) is 0.294. The van der Waals surface area contributed by atoms with Crippen molar-refractivity contribution in [1.82, 2.24) is 15.0 Å². The van der Waals surface area contributed by atoms with Gasteiger partial charge in [-0.15, -0.1) is 0 Å². The highest BCUT2D eigenvalue weighted by molar-refractivity contribution is 5.82. The van der Waals surface area contributed by atoms with Crippen molar-refractivity contribution in [3.8, 4) is 11.4 Å². The lowest BCUT2D eigenvalue weighted by molar-refractivity contribution is -0.268. The molecule has 0 bridgehead atoms. The molecule has 196 valence electrons. The highest BCUT2D eigenvalue weighted by Crippen LogP contribution is 2.32. The third-order valence-corrected chi connectivity index (χ3v) is 7.36. The summed E-state index contributed by atoms with van der Waals surface area (Å²) in [5.41, 5.74) is 4.15. The zero-order valence-electron chi connectivity index (χ0n) is 21.4. The van der Waals surface area contributed by atoms with Crippen molar-refractivity contribution < 1.29 is 19.2 Å². The maximum absolute atomic E-state index is 11.6. The Kier molecular flexibility index (Phi) is 7.06. The zero-order valence-corrected chi connectivity index (χ0v) is 21.4. The predicted octanol–water partition coefficient (Wildman–Crippen LogP) is 5.20. The maximum atomic E-state index is 11.6. The topological polar surface area (TPSA) is 91.5 Å². The van der Waals surface area contributed by atoms with Crippen LogP contribution in [0.4, 0.5) is 4.79 Å². The van der Waals surface area contributed by atoms with Crippen molar-refractivity contribution in [2.75, 3.05) is 13.1 Å². The van der Waals surface area contributed by atoms with Gasteiger partial charge in [0, 0.05) is 24.6 Å². The number of rotatable bonds is 7. The molecular weight excluding hydrogens is 490 g/mol. The third kappa shape index (κ3) is 5.68. The standard InChI is InChI=1S/C32H29N3O4/c36-32(37)35-17-16-28(29(20-35)38-21-23-12-13-24-6-4-5-9-27(24)18-23)25-14-10-22(11-15-25)19-30-33-31(34-39-30)26-7-2-1-3-8-26/h1-15,18,28-29H,16-17,19-21H2,(H,36,37)/p-1. The van der Waals surface area contributed by atoms with Crippen LogP contribution in [0.5, 0.6) is 0 Å². The van der Waals surface area contributed by atoms with Crippen molar-refractivity contribution in [3.63, 3.8) is 0 Å². The summed E-state index contributed by atoms with van der Waals surface area (Å²) in [5.74, 6) is 1.21. The van der Waals surface area contributed by atoms with E-state index in [9.17, 15) is 9.90 Å². The second-order valence-corrected chi connectivity index (χ2v) is 9.93. The van der Waals surface area contributed by atoms with Gasteiger partial charge in [0.05, 0.1) is 19.1 Å². The van der Waals surface area contributed by atoms with Gasteiger partial charge < -0.3 is 24.1 Å². The Balaban J connectivity index is 1.15. The van der Waals surface area contributed by atoms with Crippen LogP contribution in [-0.4, -0.2) is 40.3 Å². The van der Waals surface area contributed by atoms with Gasteiger partial charge in [-0.3, -0.25) is 0 Å². The Hall–Kier alpha value is -4.49. The van der Waals surface area contributed by atoms with Gasteiger partial charge in [-0.25, -0.2) is 0 Å². The van der Waals surface area contributed by atoms with Gasteiger partial charge >= 0.3 is 0 Å². The first kappa shape index (κ1) is 24.8. The average molecular weight is 519 g/mol. The number of likely N-dealkylation sites (tertiary alicyclic amines) is 1. The fraction of sp³-hybridized carbons (Fsp3) is 0.219. The van der Waals surface area contributed by atoms with Crippen LogP contribution in [0.25, 0.3) is 22.2 Å². The van der Waals surface area contributed by atoms with Crippen LogP contribution in [0.3, 0.4) is 0 Å². The number of carboxylic acid groups (broad SMARTS) is 1. The molecule has 6 rings (SSSR count). The monoisotopic (exact) mass is 518 g/mol. The molecule has 2 atom stereocenters. The van der Waals surface area contributed by atoms with Crippen LogP contribution in [0.1, 0.15) is 34.9 Å². The Morgan fingerprint density at radius 3 is 2.46 bits per heavy atom. The molecule has 1 saturated heterocycles. The summed E-state index contributed by atoms with van der Waals surface area (Å²) in [7, 11) is 0. The Morgan fingerprint density at radius 1 is 0.923 bits per heavy atom. The van der Waals surface area contributed by atoms with E-state index in [1.165, 1.54) is 10.3 Å². The molecule has 39 heavy (non-hydrogen) atoms. The molecule has 0 spiro atoms. The Bertz CT molecular complexity index is 1570.